The maximum atomic E-state index is 14.2. The molecule has 1 aromatic heterocycles. The molecule has 51 heavy (non-hydrogen) atoms. The van der Waals surface area contributed by atoms with Gasteiger partial charge >= 0.3 is 0 Å². The Kier molecular flexibility index (Phi) is 13.7. The van der Waals surface area contributed by atoms with Crippen LogP contribution < -0.4 is 15.4 Å². The molecule has 276 valence electrons. The number of nitrogens with one attached hydrogen (secondary N) is 3. The van der Waals surface area contributed by atoms with E-state index in [0.29, 0.717) is 36.6 Å². The van der Waals surface area contributed by atoms with Crippen LogP contribution in [0, 0.1) is 5.92 Å². The van der Waals surface area contributed by atoms with E-state index in [4.69, 9.17) is 20.8 Å². The molecule has 0 bridgehead atoms. The molecule has 2 saturated heterocycles. The molecule has 0 radical (unpaired) electrons. The second-order valence-electron chi connectivity index (χ2n) is 13.4. The molecule has 2 amide bonds. The van der Waals surface area contributed by atoms with Crippen molar-refractivity contribution in [2.45, 2.75) is 89.1 Å². The number of piperidine rings is 1. The van der Waals surface area contributed by atoms with E-state index in [1.807, 2.05) is 49.4 Å². The number of rotatable bonds is 17. The number of carbonyl (C=O) groups excluding carboxylic acids is 3. The Morgan fingerprint density at radius 2 is 1.75 bits per heavy atom. The number of ketones is 1. The summed E-state index contributed by atoms with van der Waals surface area (Å²) in [5.41, 5.74) is 1.81. The van der Waals surface area contributed by atoms with Crippen LogP contribution in [-0.2, 0) is 37.4 Å². The Hall–Kier alpha value is -3.69. The predicted molar refractivity (Wildman–Crippen MR) is 191 cm³/mol. The molecule has 0 saturated carbocycles. The van der Waals surface area contributed by atoms with Gasteiger partial charge < -0.3 is 24.7 Å². The number of Topliss-reactive ketones (excluding diaryl/α,β-unsaturated/α-hetero) is 1. The average molecular weight is 743 g/mol. The van der Waals surface area contributed by atoms with E-state index in [2.05, 4.69) is 25.6 Å². The van der Waals surface area contributed by atoms with Crippen molar-refractivity contribution in [2.24, 2.45) is 5.92 Å². The summed E-state index contributed by atoms with van der Waals surface area (Å²) in [6.07, 6.45) is 4.69. The number of carbonyl (C=O) groups is 3. The minimum atomic E-state index is -3.76. The zero-order chi connectivity index (χ0) is 36.4. The zero-order valence-electron chi connectivity index (χ0n) is 29.1. The van der Waals surface area contributed by atoms with Gasteiger partial charge in [0.2, 0.25) is 33.5 Å². The van der Waals surface area contributed by atoms with Gasteiger partial charge in [0, 0.05) is 18.0 Å². The van der Waals surface area contributed by atoms with Crippen LogP contribution in [0.15, 0.2) is 59.0 Å². The van der Waals surface area contributed by atoms with E-state index in [9.17, 15) is 22.8 Å². The van der Waals surface area contributed by atoms with Gasteiger partial charge in [0.05, 0.1) is 31.4 Å². The van der Waals surface area contributed by atoms with Gasteiger partial charge in [-0.05, 0) is 74.4 Å². The quantitative estimate of drug-likeness (QED) is 0.173. The van der Waals surface area contributed by atoms with E-state index < -0.39 is 51.9 Å². The topological polar surface area (TPSA) is 173 Å². The van der Waals surface area contributed by atoms with E-state index in [1.54, 1.807) is 12.1 Å². The number of hydrogen-bond acceptors (Lipinski definition) is 10. The molecular weight excluding hydrogens is 696 g/mol. The number of likely N-dealkylation sites (tertiary alicyclic amines) is 1. The van der Waals surface area contributed by atoms with Crippen LogP contribution in [0.1, 0.15) is 79.6 Å². The van der Waals surface area contributed by atoms with Crippen molar-refractivity contribution in [1.29, 1.82) is 0 Å². The molecule has 2 aliphatic heterocycles. The average Bonchev–Trinajstić information content (AvgIpc) is 3.77. The number of sulfonamides is 1. The minimum Gasteiger partial charge on any atom is -0.418 e. The van der Waals surface area contributed by atoms with Crippen molar-refractivity contribution in [1.82, 2.24) is 30.5 Å². The maximum Gasteiger partial charge on any atom is 0.286 e. The smallest absolute Gasteiger partial charge is 0.286 e. The van der Waals surface area contributed by atoms with Gasteiger partial charge in [-0.25, -0.2) is 13.1 Å². The number of benzene rings is 2. The van der Waals surface area contributed by atoms with Crippen LogP contribution in [-0.4, -0.2) is 91.2 Å². The molecule has 4 atom stereocenters. The number of ether oxygens (including phenoxy) is 1. The van der Waals surface area contributed by atoms with Crippen LogP contribution in [0.5, 0.6) is 0 Å². The van der Waals surface area contributed by atoms with Gasteiger partial charge in [0.25, 0.3) is 5.89 Å². The van der Waals surface area contributed by atoms with E-state index >= 15 is 0 Å². The van der Waals surface area contributed by atoms with Gasteiger partial charge in [-0.1, -0.05) is 67.4 Å². The lowest BCUT2D eigenvalue weighted by molar-refractivity contribution is -0.140. The second kappa shape index (κ2) is 18.2. The molecule has 0 spiro atoms. The molecule has 3 N–H and O–H groups in total. The molecule has 2 aromatic carbocycles. The highest BCUT2D eigenvalue weighted by Crippen LogP contribution is 2.26. The Morgan fingerprint density at radius 1 is 1.02 bits per heavy atom. The number of aromatic nitrogens is 2. The lowest BCUT2D eigenvalue weighted by atomic mass is 9.91. The molecule has 13 nitrogen and oxygen atoms in total. The summed E-state index contributed by atoms with van der Waals surface area (Å²) in [7, 11) is -3.76. The van der Waals surface area contributed by atoms with Crippen molar-refractivity contribution in [3.05, 3.63) is 82.5 Å². The van der Waals surface area contributed by atoms with Gasteiger partial charge in [0.1, 0.15) is 12.1 Å². The summed E-state index contributed by atoms with van der Waals surface area (Å²) in [5.74, 6) is -1.16. The van der Waals surface area contributed by atoms with E-state index in [1.165, 1.54) is 4.90 Å². The summed E-state index contributed by atoms with van der Waals surface area (Å²) in [6, 6.07) is 13.6. The first-order valence-corrected chi connectivity index (χ1v) is 19.8. The fraction of sp³-hybridized carbons (Fsp3) is 0.528. The summed E-state index contributed by atoms with van der Waals surface area (Å²) in [6.45, 7) is 3.92. The summed E-state index contributed by atoms with van der Waals surface area (Å²) in [4.78, 5) is 43.3. The first kappa shape index (κ1) is 38.5. The summed E-state index contributed by atoms with van der Waals surface area (Å²) in [5, 5.41) is 14.8. The number of nitrogens with zero attached hydrogens (tertiary/aromatic N) is 3. The van der Waals surface area contributed by atoms with Crippen molar-refractivity contribution < 1.29 is 32.0 Å². The molecular formula is C36H47ClN6O7S. The Bertz CT molecular complexity index is 1720. The largest absolute Gasteiger partial charge is 0.418 e. The lowest BCUT2D eigenvalue weighted by Gasteiger charge is -2.30. The third kappa shape index (κ3) is 11.4. The van der Waals surface area contributed by atoms with Crippen LogP contribution in [0.3, 0.4) is 0 Å². The molecule has 15 heteroatoms. The second-order valence-corrected chi connectivity index (χ2v) is 15.6. The summed E-state index contributed by atoms with van der Waals surface area (Å²) >= 11 is 6.04. The van der Waals surface area contributed by atoms with Crippen molar-refractivity contribution in [2.75, 3.05) is 25.9 Å². The lowest BCUT2D eigenvalue weighted by Crippen LogP contribution is -2.55. The highest BCUT2D eigenvalue weighted by atomic mass is 35.5. The first-order chi connectivity index (χ1) is 24.5. The van der Waals surface area contributed by atoms with Gasteiger partial charge in [-0.15, -0.1) is 10.2 Å². The van der Waals surface area contributed by atoms with E-state index in [-0.39, 0.29) is 37.8 Å². The fourth-order valence-electron chi connectivity index (χ4n) is 6.64. The SMILES string of the molecule is CCC[C@H](NC(=O)[C@@H]1C[C@@H](OCc2ccc(Cl)cc2)CN1C(=O)[C@@H](CCC1CCNCC1)NS(C)(=O)=O)C(=O)c1nnc(Cc2ccccc2)o1. The van der Waals surface area contributed by atoms with Crippen LogP contribution in [0.2, 0.25) is 5.02 Å². The van der Waals surface area contributed by atoms with Gasteiger partial charge in [-0.2, -0.15) is 0 Å². The van der Waals surface area contributed by atoms with E-state index in [0.717, 1.165) is 43.3 Å². The third-order valence-corrected chi connectivity index (χ3v) is 10.3. The Morgan fingerprint density at radius 3 is 2.43 bits per heavy atom. The zero-order valence-corrected chi connectivity index (χ0v) is 30.6. The van der Waals surface area contributed by atoms with Gasteiger partial charge in [0.15, 0.2) is 0 Å². The Balaban J connectivity index is 1.33. The predicted octanol–water partition coefficient (Wildman–Crippen LogP) is 3.67. The molecule has 2 aliphatic rings. The standard InChI is InChI=1S/C36H47ClN6O7S/c1-3-7-29(33(44)35-41-40-32(50-35)20-25-8-5-4-6-9-25)39-34(45)31-21-28(49-23-26-10-13-27(37)14-11-26)22-43(31)36(46)30(42-51(2,47)48)15-12-24-16-18-38-19-17-24/h4-6,8-11,13-14,24,28-31,38,42H,3,7,12,15-23H2,1-2H3,(H,39,45)/t28-,29+,30-,31+/m1/s1. The van der Waals surface area contributed by atoms with Crippen molar-refractivity contribution in [3.8, 4) is 0 Å². The number of hydrogen-bond donors (Lipinski definition) is 3. The third-order valence-electron chi connectivity index (χ3n) is 9.31. The van der Waals surface area contributed by atoms with Gasteiger partial charge in [-0.3, -0.25) is 14.4 Å². The normalized spacial score (nSPS) is 19.5. The summed E-state index contributed by atoms with van der Waals surface area (Å²) < 4.78 is 39.3. The van der Waals surface area contributed by atoms with Crippen LogP contribution in [0.4, 0.5) is 0 Å². The van der Waals surface area contributed by atoms with Crippen molar-refractivity contribution in [3.63, 3.8) is 0 Å². The number of halogens is 1. The number of amides is 2. The first-order valence-electron chi connectivity index (χ1n) is 17.5. The van der Waals surface area contributed by atoms with Crippen LogP contribution >= 0.6 is 11.6 Å². The highest BCUT2D eigenvalue weighted by Gasteiger charge is 2.44. The molecule has 0 aliphatic carbocycles. The Labute approximate surface area is 304 Å². The molecule has 5 rings (SSSR count). The van der Waals surface area contributed by atoms with Crippen LogP contribution in [0.25, 0.3) is 0 Å². The highest BCUT2D eigenvalue weighted by molar-refractivity contribution is 7.88. The molecule has 3 heterocycles. The maximum absolute atomic E-state index is 14.2. The molecule has 2 fully saturated rings. The minimum absolute atomic E-state index is 0.0682. The monoisotopic (exact) mass is 742 g/mol. The fourth-order valence-corrected chi connectivity index (χ4v) is 7.50. The van der Waals surface area contributed by atoms with Crippen molar-refractivity contribution >= 4 is 39.2 Å². The molecule has 0 unspecified atom stereocenters. The molecule has 3 aromatic rings.